The van der Waals surface area contributed by atoms with Crippen LogP contribution in [-0.2, 0) is 19.1 Å². The average molecular weight is 206 g/mol. The number of carbonyl (C=O) groups is 2. The van der Waals surface area contributed by atoms with E-state index in [2.05, 4.69) is 9.47 Å². The van der Waals surface area contributed by atoms with Crippen LogP contribution in [0.4, 0.5) is 0 Å². The van der Waals surface area contributed by atoms with E-state index in [0.29, 0.717) is 0 Å². The molecule has 0 amide bonds. The molecule has 6 nitrogen and oxygen atoms in total. The van der Waals surface area contributed by atoms with Crippen LogP contribution in [0.2, 0.25) is 0 Å². The molecule has 0 fully saturated rings. The van der Waals surface area contributed by atoms with Crippen molar-refractivity contribution in [2.45, 2.75) is 25.9 Å². The molecule has 14 heavy (non-hydrogen) atoms. The minimum absolute atomic E-state index is 0.375. The van der Waals surface area contributed by atoms with Crippen molar-refractivity contribution in [1.29, 1.82) is 0 Å². The minimum atomic E-state index is -0.495. The van der Waals surface area contributed by atoms with Crippen LogP contribution in [0.25, 0.3) is 0 Å². The van der Waals surface area contributed by atoms with Gasteiger partial charge in [0.2, 0.25) is 0 Å². The molecule has 0 aromatic carbocycles. The van der Waals surface area contributed by atoms with Crippen LogP contribution in [-0.4, -0.2) is 38.2 Å². The number of esters is 2. The summed E-state index contributed by atoms with van der Waals surface area (Å²) in [5, 5.41) is 0. The summed E-state index contributed by atoms with van der Waals surface area (Å²) in [6.07, 6.45) is 0. The van der Waals surface area contributed by atoms with Gasteiger partial charge in [-0.2, -0.15) is 0 Å². The number of nitrogens with two attached hydrogens (primary N) is 2. The van der Waals surface area contributed by atoms with Crippen molar-refractivity contribution in [3.63, 3.8) is 0 Å². The molecule has 2 atom stereocenters. The van der Waals surface area contributed by atoms with Gasteiger partial charge in [0.15, 0.2) is 0 Å². The second kappa shape index (κ2) is 8.46. The van der Waals surface area contributed by atoms with E-state index in [1.807, 2.05) is 0 Å². The topological polar surface area (TPSA) is 105 Å². The van der Waals surface area contributed by atoms with Gasteiger partial charge in [0.1, 0.15) is 12.1 Å². The number of hydrogen-bond acceptors (Lipinski definition) is 6. The van der Waals surface area contributed by atoms with Gasteiger partial charge in [-0.3, -0.25) is 9.59 Å². The van der Waals surface area contributed by atoms with Gasteiger partial charge in [0, 0.05) is 0 Å². The molecule has 0 aliphatic rings. The first-order chi connectivity index (χ1) is 6.36. The van der Waals surface area contributed by atoms with E-state index < -0.39 is 12.1 Å². The second-order valence-corrected chi connectivity index (χ2v) is 2.62. The highest BCUT2D eigenvalue weighted by Gasteiger charge is 2.04. The average Bonchev–Trinajstić information content (AvgIpc) is 2.15. The van der Waals surface area contributed by atoms with Crippen LogP contribution in [0.1, 0.15) is 13.8 Å². The third-order valence-corrected chi connectivity index (χ3v) is 1.15. The SMILES string of the molecule is COC(=O)C(C)N.COC(=O)C(C)N. The molecule has 0 heterocycles. The van der Waals surface area contributed by atoms with Crippen LogP contribution in [0.3, 0.4) is 0 Å². The molecule has 0 spiro atoms. The Morgan fingerprint density at radius 1 is 0.929 bits per heavy atom. The number of methoxy groups -OCH3 is 2. The zero-order valence-electron chi connectivity index (χ0n) is 8.94. The summed E-state index contributed by atoms with van der Waals surface area (Å²) in [7, 11) is 2.62. The maximum absolute atomic E-state index is 10.2. The fourth-order valence-electron chi connectivity index (χ4n) is 0.372. The smallest absolute Gasteiger partial charge is 0.322 e. The Morgan fingerprint density at radius 2 is 1.14 bits per heavy atom. The Morgan fingerprint density at radius 3 is 1.14 bits per heavy atom. The van der Waals surface area contributed by atoms with Crippen LogP contribution in [0, 0.1) is 0 Å². The largest absolute Gasteiger partial charge is 0.468 e. The van der Waals surface area contributed by atoms with Gasteiger partial charge in [0.05, 0.1) is 14.2 Å². The summed E-state index contributed by atoms with van der Waals surface area (Å²) in [6, 6.07) is -0.991. The van der Waals surface area contributed by atoms with Crippen molar-refractivity contribution in [3.8, 4) is 0 Å². The lowest BCUT2D eigenvalue weighted by Crippen LogP contribution is -2.27. The van der Waals surface area contributed by atoms with E-state index in [0.717, 1.165) is 0 Å². The predicted molar refractivity (Wildman–Crippen MR) is 51.3 cm³/mol. The van der Waals surface area contributed by atoms with Crippen LogP contribution >= 0.6 is 0 Å². The lowest BCUT2D eigenvalue weighted by atomic mass is 10.4. The van der Waals surface area contributed by atoms with E-state index in [9.17, 15) is 9.59 Å². The summed E-state index contributed by atoms with van der Waals surface area (Å²) in [5.41, 5.74) is 10.1. The number of ether oxygens (including phenoxy) is 2. The van der Waals surface area contributed by atoms with Gasteiger partial charge in [-0.1, -0.05) is 0 Å². The fraction of sp³-hybridized carbons (Fsp3) is 0.750. The molecule has 0 aliphatic heterocycles. The summed E-state index contributed by atoms with van der Waals surface area (Å²) in [4.78, 5) is 20.3. The zero-order chi connectivity index (χ0) is 11.7. The quantitative estimate of drug-likeness (QED) is 0.562. The summed E-state index contributed by atoms with van der Waals surface area (Å²) in [6.45, 7) is 3.15. The highest BCUT2D eigenvalue weighted by Crippen LogP contribution is 1.77. The normalized spacial score (nSPS) is 13.0. The van der Waals surface area contributed by atoms with Gasteiger partial charge < -0.3 is 20.9 Å². The van der Waals surface area contributed by atoms with E-state index in [-0.39, 0.29) is 11.9 Å². The first-order valence-corrected chi connectivity index (χ1v) is 4.03. The first-order valence-electron chi connectivity index (χ1n) is 4.03. The molecule has 0 radical (unpaired) electrons. The molecule has 0 saturated heterocycles. The molecule has 2 unspecified atom stereocenters. The van der Waals surface area contributed by atoms with Crippen LogP contribution in [0.5, 0.6) is 0 Å². The van der Waals surface area contributed by atoms with Crippen LogP contribution in [0.15, 0.2) is 0 Å². The highest BCUT2D eigenvalue weighted by atomic mass is 16.5. The highest BCUT2D eigenvalue weighted by molar-refractivity contribution is 5.74. The van der Waals surface area contributed by atoms with E-state index >= 15 is 0 Å². The molecule has 6 heteroatoms. The maximum atomic E-state index is 10.2. The van der Waals surface area contributed by atoms with Crippen molar-refractivity contribution in [2.24, 2.45) is 11.5 Å². The Labute approximate surface area is 83.5 Å². The first kappa shape index (κ1) is 15.3. The maximum Gasteiger partial charge on any atom is 0.322 e. The number of hydrogen-bond donors (Lipinski definition) is 2. The zero-order valence-corrected chi connectivity index (χ0v) is 8.94. The second-order valence-electron chi connectivity index (χ2n) is 2.62. The molecule has 0 aliphatic carbocycles. The minimum Gasteiger partial charge on any atom is -0.468 e. The number of carbonyl (C=O) groups excluding carboxylic acids is 2. The molecule has 0 aromatic rings. The molecule has 0 saturated carbocycles. The standard InChI is InChI=1S/2C4H9NO2/c2*1-3(5)4(6)7-2/h2*3H,5H2,1-2H3. The Balaban J connectivity index is 0. The van der Waals surface area contributed by atoms with E-state index in [1.165, 1.54) is 14.2 Å². The fourth-order valence-corrected chi connectivity index (χ4v) is 0.372. The van der Waals surface area contributed by atoms with Crippen molar-refractivity contribution in [1.82, 2.24) is 0 Å². The van der Waals surface area contributed by atoms with Crippen LogP contribution < -0.4 is 11.5 Å². The van der Waals surface area contributed by atoms with Gasteiger partial charge in [-0.05, 0) is 13.8 Å². The summed E-state index contributed by atoms with van der Waals surface area (Å²) < 4.78 is 8.50. The Hall–Kier alpha value is -1.14. The monoisotopic (exact) mass is 206 g/mol. The predicted octanol–water partition coefficient (Wildman–Crippen LogP) is -0.987. The third-order valence-electron chi connectivity index (χ3n) is 1.15. The third kappa shape index (κ3) is 8.95. The van der Waals surface area contributed by atoms with Gasteiger partial charge in [-0.25, -0.2) is 0 Å². The summed E-state index contributed by atoms with van der Waals surface area (Å²) in [5.74, 6) is -0.750. The summed E-state index contributed by atoms with van der Waals surface area (Å²) >= 11 is 0. The molecule has 4 N–H and O–H groups in total. The van der Waals surface area contributed by atoms with E-state index in [4.69, 9.17) is 11.5 Å². The number of rotatable bonds is 2. The van der Waals surface area contributed by atoms with Crippen molar-refractivity contribution >= 4 is 11.9 Å². The molecular formula is C8H18N2O4. The molecule has 0 aromatic heterocycles. The molecule has 0 rings (SSSR count). The van der Waals surface area contributed by atoms with Crippen molar-refractivity contribution in [2.75, 3.05) is 14.2 Å². The Bertz CT molecular complexity index is 160. The lowest BCUT2D eigenvalue weighted by Gasteiger charge is -1.98. The van der Waals surface area contributed by atoms with Gasteiger partial charge in [-0.15, -0.1) is 0 Å². The lowest BCUT2D eigenvalue weighted by molar-refractivity contribution is -0.142. The molecular weight excluding hydrogens is 188 g/mol. The van der Waals surface area contributed by atoms with Gasteiger partial charge >= 0.3 is 11.9 Å². The van der Waals surface area contributed by atoms with Crippen molar-refractivity contribution in [3.05, 3.63) is 0 Å². The van der Waals surface area contributed by atoms with E-state index in [1.54, 1.807) is 13.8 Å². The van der Waals surface area contributed by atoms with Crippen molar-refractivity contribution < 1.29 is 19.1 Å². The Kier molecular flexibility index (Phi) is 9.27. The van der Waals surface area contributed by atoms with Gasteiger partial charge in [0.25, 0.3) is 0 Å². The molecule has 84 valence electrons. The molecule has 0 bridgehead atoms.